The number of para-hydroxylation sites is 1. The van der Waals surface area contributed by atoms with Crippen LogP contribution in [0.15, 0.2) is 48.5 Å². The maximum atomic E-state index is 13.7. The molecule has 1 saturated carbocycles. The lowest BCUT2D eigenvalue weighted by atomic mass is 9.82. The lowest BCUT2D eigenvalue weighted by molar-refractivity contribution is -0.135. The molecule has 2 heterocycles. The van der Waals surface area contributed by atoms with Crippen LogP contribution >= 0.6 is 11.3 Å². The second-order valence-electron chi connectivity index (χ2n) is 9.40. The zero-order chi connectivity index (χ0) is 23.9. The van der Waals surface area contributed by atoms with E-state index in [0.717, 1.165) is 39.9 Å². The van der Waals surface area contributed by atoms with Crippen LogP contribution in [0.4, 0.5) is 15.6 Å². The smallest absolute Gasteiger partial charge is 0.323 e. The zero-order valence-corrected chi connectivity index (χ0v) is 20.2. The van der Waals surface area contributed by atoms with Gasteiger partial charge in [0.25, 0.3) is 11.8 Å². The van der Waals surface area contributed by atoms with Gasteiger partial charge in [-0.1, -0.05) is 68.7 Å². The zero-order valence-electron chi connectivity index (χ0n) is 19.4. The molecule has 1 aliphatic heterocycles. The van der Waals surface area contributed by atoms with Crippen LogP contribution in [-0.4, -0.2) is 39.8 Å². The lowest BCUT2D eigenvalue weighted by Gasteiger charge is -2.30. The molecule has 2 aliphatic rings. The summed E-state index contributed by atoms with van der Waals surface area (Å²) in [5, 5.41) is 3.40. The third-order valence-electron chi connectivity index (χ3n) is 6.79. The third-order valence-corrected chi connectivity index (χ3v) is 7.81. The van der Waals surface area contributed by atoms with E-state index in [4.69, 9.17) is 0 Å². The monoisotopic (exact) mass is 476 g/mol. The molecule has 2 aromatic carbocycles. The van der Waals surface area contributed by atoms with Gasteiger partial charge in [-0.15, -0.1) is 0 Å². The molecule has 0 atom stereocenters. The highest BCUT2D eigenvalue weighted by molar-refractivity contribution is 7.22. The number of hydrogen-bond donors (Lipinski definition) is 1. The maximum absolute atomic E-state index is 13.7. The molecule has 0 bridgehead atoms. The molecule has 7 nitrogen and oxygen atoms in total. The Morgan fingerprint density at radius 1 is 1.09 bits per heavy atom. The number of amides is 4. The lowest BCUT2D eigenvalue weighted by Crippen LogP contribution is -2.49. The van der Waals surface area contributed by atoms with Crippen molar-refractivity contribution >= 4 is 50.2 Å². The van der Waals surface area contributed by atoms with Crippen molar-refractivity contribution in [1.82, 2.24) is 15.2 Å². The topological polar surface area (TPSA) is 82.6 Å². The summed E-state index contributed by atoms with van der Waals surface area (Å²) < 4.78 is 0.963. The fourth-order valence-electron chi connectivity index (χ4n) is 4.85. The minimum absolute atomic E-state index is 0.287. The van der Waals surface area contributed by atoms with Gasteiger partial charge in [-0.2, -0.15) is 0 Å². The quantitative estimate of drug-likeness (QED) is 0.504. The number of imide groups is 1. The Morgan fingerprint density at radius 3 is 2.47 bits per heavy atom. The molecule has 8 heteroatoms. The largest absolute Gasteiger partial charge is 0.325 e. The van der Waals surface area contributed by atoms with Crippen LogP contribution in [-0.2, 0) is 9.59 Å². The summed E-state index contributed by atoms with van der Waals surface area (Å²) in [4.78, 5) is 47.0. The molecule has 2 fully saturated rings. The second kappa shape index (κ2) is 8.83. The van der Waals surface area contributed by atoms with E-state index in [1.807, 2.05) is 48.5 Å². The molecule has 4 amide bonds. The Balaban J connectivity index is 1.48. The van der Waals surface area contributed by atoms with E-state index in [9.17, 15) is 14.4 Å². The van der Waals surface area contributed by atoms with E-state index in [1.165, 1.54) is 16.2 Å². The predicted octanol–water partition coefficient (Wildman–Crippen LogP) is 5.34. The summed E-state index contributed by atoms with van der Waals surface area (Å²) in [6, 6.07) is 15.0. The van der Waals surface area contributed by atoms with Gasteiger partial charge in [-0.05, 0) is 48.6 Å². The number of fused-ring (bicyclic) bond motifs is 1. The Hall–Kier alpha value is -3.26. The van der Waals surface area contributed by atoms with Gasteiger partial charge in [-0.25, -0.2) is 9.78 Å². The van der Waals surface area contributed by atoms with E-state index < -0.39 is 11.6 Å². The molecule has 1 spiro atoms. The van der Waals surface area contributed by atoms with Gasteiger partial charge in [0.05, 0.1) is 15.9 Å². The van der Waals surface area contributed by atoms with E-state index in [1.54, 1.807) is 0 Å². The highest BCUT2D eigenvalue weighted by Crippen LogP contribution is 2.36. The van der Waals surface area contributed by atoms with E-state index in [-0.39, 0.29) is 18.4 Å². The van der Waals surface area contributed by atoms with Crippen LogP contribution in [0.25, 0.3) is 10.2 Å². The van der Waals surface area contributed by atoms with Crippen molar-refractivity contribution in [3.05, 3.63) is 54.1 Å². The van der Waals surface area contributed by atoms with Gasteiger partial charge >= 0.3 is 6.03 Å². The first-order valence-electron chi connectivity index (χ1n) is 11.8. The molecule has 3 aromatic rings. The summed E-state index contributed by atoms with van der Waals surface area (Å²) in [5.74, 6) is -0.295. The molecule has 1 aliphatic carbocycles. The predicted molar refractivity (Wildman–Crippen MR) is 133 cm³/mol. The van der Waals surface area contributed by atoms with Gasteiger partial charge in [0.1, 0.15) is 12.1 Å². The molecule has 1 aromatic heterocycles. The minimum Gasteiger partial charge on any atom is -0.323 e. The van der Waals surface area contributed by atoms with Crippen molar-refractivity contribution < 1.29 is 14.4 Å². The van der Waals surface area contributed by atoms with Crippen molar-refractivity contribution in [2.75, 3.05) is 11.4 Å². The Morgan fingerprint density at radius 2 is 1.79 bits per heavy atom. The van der Waals surface area contributed by atoms with Crippen molar-refractivity contribution in [3.63, 3.8) is 0 Å². The summed E-state index contributed by atoms with van der Waals surface area (Å²) in [6.07, 6.45) is 4.10. The summed E-state index contributed by atoms with van der Waals surface area (Å²) in [7, 11) is 0. The first-order valence-corrected chi connectivity index (χ1v) is 12.6. The standard InChI is InChI=1S/C26H28N4O3S/c1-17(2)18-10-12-19(13-11-18)30(25-27-20-8-4-5-9-21(20)34-25)22(31)16-29-23(32)26(28-24(29)33)14-6-3-7-15-26/h4-5,8-13,17H,3,6-7,14-16H2,1-2H3,(H,28,33). The number of carbonyl (C=O) groups excluding carboxylic acids is 3. The molecule has 0 unspecified atom stereocenters. The molecular formula is C26H28N4O3S. The fourth-order valence-corrected chi connectivity index (χ4v) is 5.85. The average molecular weight is 477 g/mol. The molecule has 176 valence electrons. The number of anilines is 2. The summed E-state index contributed by atoms with van der Waals surface area (Å²) in [5.41, 5.74) is 1.77. The van der Waals surface area contributed by atoms with Crippen LogP contribution in [0, 0.1) is 0 Å². The maximum Gasteiger partial charge on any atom is 0.325 e. The third kappa shape index (κ3) is 3.96. The van der Waals surface area contributed by atoms with E-state index in [2.05, 4.69) is 24.1 Å². The highest BCUT2D eigenvalue weighted by Gasteiger charge is 2.52. The normalized spacial score (nSPS) is 17.6. The van der Waals surface area contributed by atoms with Gasteiger partial charge in [0.15, 0.2) is 5.13 Å². The summed E-state index contributed by atoms with van der Waals surface area (Å²) in [6.45, 7) is 3.91. The SMILES string of the molecule is CC(C)c1ccc(N(C(=O)CN2C(=O)NC3(CCCCC3)C2=O)c2nc3ccccc3s2)cc1. The number of carbonyl (C=O) groups is 3. The number of thiazole rings is 1. The molecule has 1 saturated heterocycles. The first-order chi connectivity index (χ1) is 16.4. The summed E-state index contributed by atoms with van der Waals surface area (Å²) >= 11 is 1.41. The Kier molecular flexibility index (Phi) is 5.85. The van der Waals surface area contributed by atoms with Crippen LogP contribution in [0.1, 0.15) is 57.4 Å². The number of urea groups is 1. The molecule has 1 N–H and O–H groups in total. The molecule has 5 rings (SSSR count). The number of nitrogens with one attached hydrogen (secondary N) is 1. The van der Waals surface area contributed by atoms with Crippen molar-refractivity contribution in [2.45, 2.75) is 57.4 Å². The van der Waals surface area contributed by atoms with Crippen molar-refractivity contribution in [1.29, 1.82) is 0 Å². The van der Waals surface area contributed by atoms with Gasteiger partial charge in [-0.3, -0.25) is 19.4 Å². The minimum atomic E-state index is -0.852. The van der Waals surface area contributed by atoms with Gasteiger partial charge in [0, 0.05) is 0 Å². The van der Waals surface area contributed by atoms with Crippen molar-refractivity contribution in [3.8, 4) is 0 Å². The molecule has 34 heavy (non-hydrogen) atoms. The van der Waals surface area contributed by atoms with Crippen molar-refractivity contribution in [2.24, 2.45) is 0 Å². The van der Waals surface area contributed by atoms with E-state index in [0.29, 0.717) is 29.6 Å². The van der Waals surface area contributed by atoms with Gasteiger partial charge in [0.2, 0.25) is 0 Å². The molecular weight excluding hydrogens is 448 g/mol. The number of rotatable bonds is 5. The fraction of sp³-hybridized carbons (Fsp3) is 0.385. The van der Waals surface area contributed by atoms with Crippen LogP contribution in [0.2, 0.25) is 0 Å². The number of benzene rings is 2. The number of nitrogens with zero attached hydrogens (tertiary/aromatic N) is 3. The molecule has 0 radical (unpaired) electrons. The van der Waals surface area contributed by atoms with Crippen LogP contribution in [0.3, 0.4) is 0 Å². The Bertz CT molecular complexity index is 1210. The number of aromatic nitrogens is 1. The van der Waals surface area contributed by atoms with Crippen LogP contribution < -0.4 is 10.2 Å². The average Bonchev–Trinajstić information content (AvgIpc) is 3.35. The van der Waals surface area contributed by atoms with Crippen LogP contribution in [0.5, 0.6) is 0 Å². The van der Waals surface area contributed by atoms with E-state index >= 15 is 0 Å². The highest BCUT2D eigenvalue weighted by atomic mass is 32.1. The number of hydrogen-bond acceptors (Lipinski definition) is 5. The first kappa shape index (κ1) is 22.5. The van der Waals surface area contributed by atoms with Gasteiger partial charge < -0.3 is 5.32 Å². The second-order valence-corrected chi connectivity index (χ2v) is 10.4. The Labute approximate surface area is 202 Å².